The maximum Gasteiger partial charge on any atom is 0.126 e. The normalized spacial score (nSPS) is 13.2. The van der Waals surface area contributed by atoms with Crippen LogP contribution in [-0.2, 0) is 5.41 Å². The maximum atomic E-state index is 4.73. The minimum Gasteiger partial charge on any atom is -0.342 e. The average Bonchev–Trinajstić information content (AvgIpc) is 3.49. The molecule has 1 aliphatic heterocycles. The number of hydrogen-bond acceptors (Lipinski definition) is 4. The van der Waals surface area contributed by atoms with Crippen LogP contribution >= 0.6 is 0 Å². The molecule has 0 bridgehead atoms. The molecular formula is C33H43N5. The molecule has 0 fully saturated rings. The third-order valence-electron chi connectivity index (χ3n) is 6.24. The highest BCUT2D eigenvalue weighted by Crippen LogP contribution is 2.28. The lowest BCUT2D eigenvalue weighted by atomic mass is 9.87. The van der Waals surface area contributed by atoms with Crippen LogP contribution in [0.5, 0.6) is 0 Å². The first-order valence-corrected chi connectivity index (χ1v) is 13.1. The molecular weight excluding hydrogens is 466 g/mol. The highest BCUT2D eigenvalue weighted by atomic mass is 15.3. The van der Waals surface area contributed by atoms with E-state index < -0.39 is 0 Å². The van der Waals surface area contributed by atoms with Gasteiger partial charge in [0.1, 0.15) is 11.7 Å². The third kappa shape index (κ3) is 7.82. The van der Waals surface area contributed by atoms with E-state index in [4.69, 9.17) is 5.10 Å². The summed E-state index contributed by atoms with van der Waals surface area (Å²) < 4.78 is 1.98. The highest BCUT2D eigenvalue weighted by Gasteiger charge is 2.21. The minimum atomic E-state index is 0.0459. The number of hydrogen-bond donors (Lipinski definition) is 2. The second-order valence-electron chi connectivity index (χ2n) is 11.9. The van der Waals surface area contributed by atoms with Crippen molar-refractivity contribution in [1.82, 2.24) is 15.1 Å². The number of benzene rings is 2. The molecule has 0 saturated carbocycles. The van der Waals surface area contributed by atoms with E-state index >= 15 is 0 Å². The molecule has 0 saturated heterocycles. The van der Waals surface area contributed by atoms with Gasteiger partial charge < -0.3 is 10.6 Å². The molecule has 4 rings (SSSR count). The van der Waals surface area contributed by atoms with Gasteiger partial charge in [-0.05, 0) is 66.8 Å². The standard InChI is InChI=1S/C17H23N3.C16H20N2/c1-12-6-8-15(9-7-12)19-13(2)20-16-10-14(11-18-16)17(3,4)5;1-12(2)14-11-15(16(3,4)5)17-18(14)13-9-7-6-8-10-13/h6-10,19H,2,11H2,1,3-5H3,(H,18,20);6-11H,1H2,2-5H3. The summed E-state index contributed by atoms with van der Waals surface area (Å²) in [6.45, 7) is 26.0. The third-order valence-corrected chi connectivity index (χ3v) is 6.24. The summed E-state index contributed by atoms with van der Waals surface area (Å²) in [6.07, 6.45) is 2.11. The fourth-order valence-corrected chi connectivity index (χ4v) is 3.77. The second kappa shape index (κ2) is 11.7. The Morgan fingerprint density at radius 3 is 2.03 bits per heavy atom. The van der Waals surface area contributed by atoms with Crippen molar-refractivity contribution in [2.24, 2.45) is 10.4 Å². The largest absolute Gasteiger partial charge is 0.342 e. The van der Waals surface area contributed by atoms with Gasteiger partial charge in [-0.25, -0.2) is 4.68 Å². The lowest BCUT2D eigenvalue weighted by molar-refractivity contribution is 0.499. The van der Waals surface area contributed by atoms with Crippen molar-refractivity contribution in [3.63, 3.8) is 0 Å². The van der Waals surface area contributed by atoms with Gasteiger partial charge >= 0.3 is 0 Å². The molecule has 0 atom stereocenters. The Bertz CT molecular complexity index is 1320. The predicted octanol–water partition coefficient (Wildman–Crippen LogP) is 8.06. The number of aromatic nitrogens is 2. The highest BCUT2D eigenvalue weighted by molar-refractivity contribution is 5.97. The number of anilines is 1. The molecule has 2 aromatic carbocycles. The fraction of sp³-hybridized carbons (Fsp3) is 0.333. The quantitative estimate of drug-likeness (QED) is 0.366. The topological polar surface area (TPSA) is 54.2 Å². The first-order chi connectivity index (χ1) is 17.7. The van der Waals surface area contributed by atoms with E-state index in [-0.39, 0.29) is 10.8 Å². The Morgan fingerprint density at radius 1 is 0.868 bits per heavy atom. The van der Waals surface area contributed by atoms with Crippen LogP contribution in [0.4, 0.5) is 5.69 Å². The van der Waals surface area contributed by atoms with Crippen LogP contribution in [0.1, 0.15) is 65.4 Å². The molecule has 0 amide bonds. The monoisotopic (exact) mass is 509 g/mol. The van der Waals surface area contributed by atoms with Crippen molar-refractivity contribution < 1.29 is 0 Å². The van der Waals surface area contributed by atoms with Gasteiger partial charge in [-0.15, -0.1) is 0 Å². The molecule has 1 aliphatic rings. The van der Waals surface area contributed by atoms with Crippen molar-refractivity contribution in [2.45, 2.75) is 60.8 Å². The van der Waals surface area contributed by atoms with Crippen LogP contribution in [0.2, 0.25) is 0 Å². The van der Waals surface area contributed by atoms with E-state index in [0.717, 1.165) is 46.5 Å². The van der Waals surface area contributed by atoms with Crippen LogP contribution in [0, 0.1) is 12.3 Å². The number of para-hydroxylation sites is 1. The molecule has 5 nitrogen and oxygen atoms in total. The van der Waals surface area contributed by atoms with Gasteiger partial charge in [0.2, 0.25) is 0 Å². The number of aliphatic imine (C=N–C) groups is 1. The number of aryl methyl sites for hydroxylation is 1. The van der Waals surface area contributed by atoms with Gasteiger partial charge in [0.25, 0.3) is 0 Å². The van der Waals surface area contributed by atoms with Gasteiger partial charge in [-0.1, -0.05) is 90.6 Å². The van der Waals surface area contributed by atoms with Crippen LogP contribution in [0.25, 0.3) is 11.3 Å². The van der Waals surface area contributed by atoms with Gasteiger partial charge in [-0.3, -0.25) is 4.99 Å². The molecule has 1 aromatic heterocycles. The van der Waals surface area contributed by atoms with E-state index in [2.05, 4.69) is 114 Å². The van der Waals surface area contributed by atoms with Crippen molar-refractivity contribution in [3.05, 3.63) is 108 Å². The summed E-state index contributed by atoms with van der Waals surface area (Å²) in [6, 6.07) is 20.5. The number of nitrogens with one attached hydrogen (secondary N) is 2. The molecule has 38 heavy (non-hydrogen) atoms. The molecule has 200 valence electrons. The smallest absolute Gasteiger partial charge is 0.126 e. The van der Waals surface area contributed by atoms with E-state index in [1.54, 1.807) is 0 Å². The van der Waals surface area contributed by atoms with E-state index in [1.165, 1.54) is 11.1 Å². The molecule has 2 N–H and O–H groups in total. The average molecular weight is 510 g/mol. The van der Waals surface area contributed by atoms with Crippen molar-refractivity contribution in [3.8, 4) is 5.69 Å². The summed E-state index contributed by atoms with van der Waals surface area (Å²) >= 11 is 0. The number of nitrogens with zero attached hydrogens (tertiary/aromatic N) is 3. The molecule has 0 spiro atoms. The van der Waals surface area contributed by atoms with Gasteiger partial charge in [-0.2, -0.15) is 5.10 Å². The van der Waals surface area contributed by atoms with Gasteiger partial charge in [0.15, 0.2) is 0 Å². The summed E-state index contributed by atoms with van der Waals surface area (Å²) in [5.74, 6) is 1.61. The molecule has 0 unspecified atom stereocenters. The first kappa shape index (κ1) is 28.7. The Balaban J connectivity index is 0.000000212. The lowest BCUT2D eigenvalue weighted by Crippen LogP contribution is -2.24. The zero-order chi connectivity index (χ0) is 28.1. The van der Waals surface area contributed by atoms with Gasteiger partial charge in [0, 0.05) is 11.1 Å². The second-order valence-corrected chi connectivity index (χ2v) is 11.9. The van der Waals surface area contributed by atoms with Crippen molar-refractivity contribution in [1.29, 1.82) is 0 Å². The zero-order valence-corrected chi connectivity index (χ0v) is 24.3. The maximum absolute atomic E-state index is 4.73. The van der Waals surface area contributed by atoms with Crippen LogP contribution < -0.4 is 10.6 Å². The molecule has 0 radical (unpaired) electrons. The first-order valence-electron chi connectivity index (χ1n) is 13.1. The van der Waals surface area contributed by atoms with Crippen LogP contribution in [0.15, 0.2) is 96.3 Å². The van der Waals surface area contributed by atoms with Crippen LogP contribution in [0.3, 0.4) is 0 Å². The Kier molecular flexibility index (Phi) is 8.82. The van der Waals surface area contributed by atoms with Crippen LogP contribution in [-0.4, -0.2) is 22.2 Å². The number of rotatable bonds is 5. The molecule has 0 aliphatic carbocycles. The van der Waals surface area contributed by atoms with Crippen molar-refractivity contribution in [2.75, 3.05) is 11.9 Å². The number of allylic oxidation sites excluding steroid dienone is 1. The Morgan fingerprint density at radius 2 is 1.50 bits per heavy atom. The summed E-state index contributed by atoms with van der Waals surface area (Å²) in [7, 11) is 0. The lowest BCUT2D eigenvalue weighted by Gasteiger charge is -2.18. The van der Waals surface area contributed by atoms with E-state index in [1.807, 2.05) is 41.9 Å². The Hall–Kier alpha value is -3.86. The summed E-state index contributed by atoms with van der Waals surface area (Å²) in [5.41, 5.74) is 8.08. The molecule has 2 heterocycles. The van der Waals surface area contributed by atoms with E-state index in [0.29, 0.717) is 0 Å². The molecule has 5 heteroatoms. The van der Waals surface area contributed by atoms with Gasteiger partial charge in [0.05, 0.1) is 23.6 Å². The number of amidine groups is 1. The fourth-order valence-electron chi connectivity index (χ4n) is 3.77. The molecule has 3 aromatic rings. The Labute approximate surface area is 229 Å². The zero-order valence-electron chi connectivity index (χ0n) is 24.3. The SMILES string of the molecule is C=C(C)c1cc(C(C)(C)C)nn1-c1ccccc1.C=C(NC1=NCC(C(C)(C)C)=C1)Nc1ccc(C)cc1. The van der Waals surface area contributed by atoms with E-state index in [9.17, 15) is 0 Å². The van der Waals surface area contributed by atoms with Crippen molar-refractivity contribution >= 4 is 17.1 Å². The summed E-state index contributed by atoms with van der Waals surface area (Å²) in [4.78, 5) is 4.49. The summed E-state index contributed by atoms with van der Waals surface area (Å²) in [5, 5.41) is 11.2. The minimum absolute atomic E-state index is 0.0459. The predicted molar refractivity (Wildman–Crippen MR) is 164 cm³/mol.